The molecular formula is C131H264O19. The molecule has 0 aromatic carbocycles. The van der Waals surface area contributed by atoms with Crippen molar-refractivity contribution in [3.63, 3.8) is 0 Å². The summed E-state index contributed by atoms with van der Waals surface area (Å²) in [6.45, 7) is 17.4. The van der Waals surface area contributed by atoms with E-state index in [9.17, 15) is 38.4 Å². The van der Waals surface area contributed by atoms with Crippen LogP contribution in [0.5, 0.6) is 0 Å². The van der Waals surface area contributed by atoms with Gasteiger partial charge in [-0.3, -0.25) is 38.4 Å². The number of aliphatic hydroxyl groups excluding tert-OH is 3. The first-order chi connectivity index (χ1) is 73.0. The maximum atomic E-state index is 10.3. The van der Waals surface area contributed by atoms with Crippen molar-refractivity contribution < 1.29 is 94.5 Å². The number of aliphatic hydroxyl groups is 3. The Bertz CT molecular complexity index is 2000. The zero-order chi connectivity index (χ0) is 113. The van der Waals surface area contributed by atoms with Gasteiger partial charge in [0.05, 0.1) is 13.2 Å². The molecule has 0 saturated carbocycles. The van der Waals surface area contributed by atoms with Crippen LogP contribution in [-0.2, 0) is 38.4 Å². The predicted octanol–water partition coefficient (Wildman–Crippen LogP) is 42.8. The molecule has 0 aliphatic rings. The molecule has 0 unspecified atom stereocenters. The second-order valence-electron chi connectivity index (χ2n) is 44.1. The average molecular weight is 2140 g/mol. The van der Waals surface area contributed by atoms with Gasteiger partial charge in [0.15, 0.2) is 0 Å². The number of carboxylic acid groups (broad SMARTS) is 8. The van der Waals surface area contributed by atoms with Gasteiger partial charge >= 0.3 is 47.8 Å². The lowest BCUT2D eigenvalue weighted by Crippen LogP contribution is -2.15. The van der Waals surface area contributed by atoms with E-state index in [-0.39, 0.29) is 13.2 Å². The van der Waals surface area contributed by atoms with Crippen LogP contribution in [0.2, 0.25) is 0 Å². The van der Waals surface area contributed by atoms with Crippen LogP contribution in [0, 0.1) is 0 Å². The molecule has 0 atom stereocenters. The first kappa shape index (κ1) is 163. The van der Waals surface area contributed by atoms with E-state index in [1.807, 2.05) is 0 Å². The van der Waals surface area contributed by atoms with Crippen molar-refractivity contribution in [2.75, 3.05) is 13.2 Å². The van der Waals surface area contributed by atoms with Crippen molar-refractivity contribution in [2.24, 2.45) is 0 Å². The first-order valence-corrected chi connectivity index (χ1v) is 65.6. The number of carboxylic acids is 8. The molecule has 19 heteroatoms. The fourth-order valence-electron chi connectivity index (χ4n) is 18.4. The van der Waals surface area contributed by atoms with Crippen LogP contribution < -0.4 is 0 Å². The molecule has 0 amide bonds. The molecular weight excluding hydrogens is 1880 g/mol. The summed E-state index contributed by atoms with van der Waals surface area (Å²) < 4.78 is 0. The molecule has 0 saturated heterocycles. The SMILES string of the molecule is CCCCCCCCCCCCCCCC(=O)O.CCCCCCCCCCCCCCCC(=O)O.CCCCCCCCCCCCCCCC(=O)O.CCCCCCCCCCCCCCCC(=O)O.CCCCCCCCCCCCCCCC(=O)O.CCCCCCCCCCCCCCCC(=O)O.CCCCCCCCCCCCCCCC(=O)O.CCCCCCCCCCCCCCCC(=O)O.OCC(O)CO. The molecule has 0 fully saturated rings. The lowest BCUT2D eigenvalue weighted by atomic mass is 10.0. The number of unbranched alkanes of at least 4 members (excludes halogenated alkanes) is 96. The smallest absolute Gasteiger partial charge is 0.303 e. The highest BCUT2D eigenvalue weighted by atomic mass is 16.4. The minimum atomic E-state index is -0.954. The van der Waals surface area contributed by atoms with E-state index in [2.05, 4.69) is 55.4 Å². The van der Waals surface area contributed by atoms with Crippen LogP contribution in [-0.4, -0.2) is 123 Å². The molecule has 0 aromatic rings. The number of hydrogen-bond acceptors (Lipinski definition) is 11. The number of hydrogen-bond donors (Lipinski definition) is 11. The largest absolute Gasteiger partial charge is 0.481 e. The monoisotopic (exact) mass is 2140 g/mol. The summed E-state index contributed by atoms with van der Waals surface area (Å²) in [4.78, 5) is 82.4. The van der Waals surface area contributed by atoms with Crippen molar-refractivity contribution in [1.29, 1.82) is 0 Å². The van der Waals surface area contributed by atoms with Gasteiger partial charge in [-0.25, -0.2) is 0 Å². The van der Waals surface area contributed by atoms with Crippen LogP contribution in [0.3, 0.4) is 0 Å². The third kappa shape index (κ3) is 204. The summed E-state index contributed by atoms with van der Waals surface area (Å²) in [5.74, 6) is -5.24. The van der Waals surface area contributed by atoms with Gasteiger partial charge in [-0.15, -0.1) is 0 Å². The summed E-state index contributed by atoms with van der Waals surface area (Å²) in [6.07, 6.45) is 137. The average Bonchev–Trinajstić information content (AvgIpc) is 1.11. The normalized spacial score (nSPS) is 10.7. The summed E-state index contributed by atoms with van der Waals surface area (Å²) in [5, 5.41) is 91.9. The van der Waals surface area contributed by atoms with Gasteiger partial charge in [-0.05, 0) is 51.4 Å². The minimum Gasteiger partial charge on any atom is -0.481 e. The molecule has 0 rings (SSSR count). The van der Waals surface area contributed by atoms with E-state index in [1.165, 1.54) is 565 Å². The number of rotatable bonds is 114. The standard InChI is InChI=1S/8C16H32O2.C3H8O3/c8*1-2-3-4-5-6-7-8-9-10-11-12-13-14-15-16(17)18;4-1-3(6)2-5/h8*2-15H2,1H3,(H,17,18);3-6H,1-2H2. The molecule has 150 heavy (non-hydrogen) atoms. The zero-order valence-corrected chi connectivity index (χ0v) is 101. The zero-order valence-electron chi connectivity index (χ0n) is 101. The van der Waals surface area contributed by atoms with E-state index in [1.54, 1.807) is 0 Å². The van der Waals surface area contributed by atoms with Gasteiger partial charge in [0.25, 0.3) is 0 Å². The van der Waals surface area contributed by atoms with Gasteiger partial charge in [0.2, 0.25) is 0 Å². The Morgan fingerprint density at radius 2 is 0.167 bits per heavy atom. The van der Waals surface area contributed by atoms with E-state index in [4.69, 9.17) is 56.2 Å². The maximum absolute atomic E-state index is 10.3. The molecule has 0 bridgehead atoms. The Labute approximate surface area is 930 Å². The number of aliphatic carboxylic acids is 8. The van der Waals surface area contributed by atoms with E-state index in [0.717, 1.165) is 103 Å². The first-order valence-electron chi connectivity index (χ1n) is 65.6. The van der Waals surface area contributed by atoms with Crippen molar-refractivity contribution >= 4 is 47.8 Å². The fraction of sp³-hybridized carbons (Fsp3) is 0.939. The second-order valence-corrected chi connectivity index (χ2v) is 44.1. The summed E-state index contributed by atoms with van der Waals surface area (Å²) in [5.41, 5.74) is 0. The van der Waals surface area contributed by atoms with Crippen LogP contribution >= 0.6 is 0 Å². The molecule has 0 heterocycles. The van der Waals surface area contributed by atoms with Crippen molar-refractivity contribution in [3.8, 4) is 0 Å². The minimum absolute atomic E-state index is 0.345. The highest BCUT2D eigenvalue weighted by Gasteiger charge is 2.08. The molecule has 0 aromatic heterocycles. The summed E-state index contributed by atoms with van der Waals surface area (Å²) >= 11 is 0. The Morgan fingerprint density at radius 1 is 0.113 bits per heavy atom. The Hall–Kier alpha value is -4.36. The lowest BCUT2D eigenvalue weighted by molar-refractivity contribution is -0.138. The lowest BCUT2D eigenvalue weighted by Gasteiger charge is -2.02. The Balaban J connectivity index is -0.000000215. The van der Waals surface area contributed by atoms with Crippen LogP contribution in [0.1, 0.15) is 775 Å². The van der Waals surface area contributed by atoms with Gasteiger partial charge in [-0.2, -0.15) is 0 Å². The van der Waals surface area contributed by atoms with Crippen LogP contribution in [0.25, 0.3) is 0 Å². The van der Waals surface area contributed by atoms with E-state index < -0.39 is 53.9 Å². The van der Waals surface area contributed by atoms with Crippen LogP contribution in [0.4, 0.5) is 0 Å². The van der Waals surface area contributed by atoms with Gasteiger partial charge in [0.1, 0.15) is 6.10 Å². The summed E-state index contributed by atoms with van der Waals surface area (Å²) in [7, 11) is 0. The highest BCUT2D eigenvalue weighted by molar-refractivity contribution is 5.68. The maximum Gasteiger partial charge on any atom is 0.303 e. The van der Waals surface area contributed by atoms with Crippen molar-refractivity contribution in [2.45, 2.75) is 781 Å². The quantitative estimate of drug-likeness (QED) is 0.0252. The van der Waals surface area contributed by atoms with E-state index >= 15 is 0 Å². The molecule has 11 N–H and O–H groups in total. The van der Waals surface area contributed by atoms with E-state index in [0.29, 0.717) is 51.4 Å². The summed E-state index contributed by atoms with van der Waals surface area (Å²) in [6, 6.07) is 0. The second kappa shape index (κ2) is 160. The fourth-order valence-corrected chi connectivity index (χ4v) is 18.4. The third-order valence-electron chi connectivity index (χ3n) is 28.4. The van der Waals surface area contributed by atoms with Gasteiger partial charge in [0, 0.05) is 51.4 Å². The molecule has 0 spiro atoms. The van der Waals surface area contributed by atoms with Gasteiger partial charge in [-0.1, -0.05) is 672 Å². The Morgan fingerprint density at radius 3 is 0.207 bits per heavy atom. The molecule has 902 valence electrons. The Kier molecular flexibility index (Phi) is 174. The molecule has 0 aliphatic heterocycles. The molecule has 19 nitrogen and oxygen atoms in total. The number of carbonyl (C=O) groups is 8. The van der Waals surface area contributed by atoms with Crippen molar-refractivity contribution in [3.05, 3.63) is 0 Å². The molecule has 0 aliphatic carbocycles. The predicted molar refractivity (Wildman–Crippen MR) is 644 cm³/mol. The van der Waals surface area contributed by atoms with Gasteiger partial charge < -0.3 is 56.2 Å². The highest BCUT2D eigenvalue weighted by Crippen LogP contribution is 2.23. The molecule has 0 radical (unpaired) electrons. The van der Waals surface area contributed by atoms with Crippen LogP contribution in [0.15, 0.2) is 0 Å². The topological polar surface area (TPSA) is 359 Å². The van der Waals surface area contributed by atoms with Crippen molar-refractivity contribution in [1.82, 2.24) is 0 Å². The third-order valence-corrected chi connectivity index (χ3v) is 28.4.